The van der Waals surface area contributed by atoms with E-state index in [0.29, 0.717) is 24.1 Å². The monoisotopic (exact) mass is 506 g/mol. The molecule has 8 heteroatoms. The number of carbonyl (C=O) groups is 1. The van der Waals surface area contributed by atoms with E-state index in [4.69, 9.17) is 27.9 Å². The van der Waals surface area contributed by atoms with Gasteiger partial charge in [0.2, 0.25) is 0 Å². The predicted octanol–water partition coefficient (Wildman–Crippen LogP) is 5.15. The number of benzene rings is 1. The zero-order valence-corrected chi connectivity index (χ0v) is 22.3. The average molecular weight is 508 g/mol. The minimum atomic E-state index is -0.179. The van der Waals surface area contributed by atoms with Crippen LogP contribution in [0.15, 0.2) is 24.3 Å². The van der Waals surface area contributed by atoms with Crippen molar-refractivity contribution in [2.24, 2.45) is 5.92 Å². The molecule has 0 spiro atoms. The molecule has 1 aromatic carbocycles. The predicted molar refractivity (Wildman–Crippen MR) is 139 cm³/mol. The van der Waals surface area contributed by atoms with Crippen molar-refractivity contribution in [3.8, 4) is 5.75 Å². The molecule has 1 amide bonds. The minimum absolute atomic E-state index is 0.179. The van der Waals surface area contributed by atoms with Gasteiger partial charge in [-0.1, -0.05) is 29.3 Å². The Morgan fingerprint density at radius 3 is 2.50 bits per heavy atom. The third-order valence-corrected chi connectivity index (χ3v) is 6.98. The van der Waals surface area contributed by atoms with Crippen molar-refractivity contribution in [1.82, 2.24) is 20.1 Å². The molecule has 0 radical (unpaired) electrons. The van der Waals surface area contributed by atoms with Gasteiger partial charge < -0.3 is 15.0 Å². The largest absolute Gasteiger partial charge is 0.493 e. The van der Waals surface area contributed by atoms with Crippen LogP contribution < -0.4 is 10.1 Å². The van der Waals surface area contributed by atoms with Crippen LogP contribution in [-0.2, 0) is 0 Å². The Morgan fingerprint density at radius 1 is 1.18 bits per heavy atom. The van der Waals surface area contributed by atoms with Crippen LogP contribution in [0.4, 0.5) is 0 Å². The fourth-order valence-electron chi connectivity index (χ4n) is 4.32. The van der Waals surface area contributed by atoms with Gasteiger partial charge >= 0.3 is 0 Å². The Kier molecular flexibility index (Phi) is 9.60. The van der Waals surface area contributed by atoms with Gasteiger partial charge in [0, 0.05) is 37.2 Å². The van der Waals surface area contributed by atoms with Gasteiger partial charge in [-0.05, 0) is 89.1 Å². The van der Waals surface area contributed by atoms with Crippen molar-refractivity contribution in [2.75, 3.05) is 46.9 Å². The van der Waals surface area contributed by atoms with E-state index < -0.39 is 0 Å². The fourth-order valence-corrected chi connectivity index (χ4v) is 4.79. The number of hydrogen-bond acceptors (Lipinski definition) is 5. The number of nitrogens with one attached hydrogen (secondary N) is 1. The van der Waals surface area contributed by atoms with E-state index in [0.717, 1.165) is 44.8 Å². The molecule has 1 unspecified atom stereocenters. The number of aromatic nitrogens is 1. The molecule has 34 heavy (non-hydrogen) atoms. The van der Waals surface area contributed by atoms with Gasteiger partial charge in [-0.25, -0.2) is 4.98 Å². The topological polar surface area (TPSA) is 57.7 Å². The van der Waals surface area contributed by atoms with Gasteiger partial charge in [0.15, 0.2) is 0 Å². The summed E-state index contributed by atoms with van der Waals surface area (Å²) in [6, 6.07) is 7.69. The molecule has 1 aliphatic rings. The number of hydrogen-bond donors (Lipinski definition) is 1. The van der Waals surface area contributed by atoms with E-state index in [1.807, 2.05) is 0 Å². The number of amides is 1. The lowest BCUT2D eigenvalue weighted by molar-refractivity contribution is 0.0569. The first-order valence-electron chi connectivity index (χ1n) is 11.9. The highest BCUT2D eigenvalue weighted by Crippen LogP contribution is 2.34. The fraction of sp³-hybridized carbons (Fsp3) is 0.538. The molecule has 0 aliphatic carbocycles. The average Bonchev–Trinajstić information content (AvgIpc) is 2.74. The third kappa shape index (κ3) is 7.08. The first kappa shape index (κ1) is 26.7. The van der Waals surface area contributed by atoms with Crippen molar-refractivity contribution in [1.29, 1.82) is 0 Å². The molecule has 6 nitrogen and oxygen atoms in total. The number of nitrogens with zero attached hydrogens (tertiary/aromatic N) is 3. The summed E-state index contributed by atoms with van der Waals surface area (Å²) < 4.78 is 6.06. The van der Waals surface area contributed by atoms with Crippen LogP contribution in [0.5, 0.6) is 5.75 Å². The Labute approximate surface area is 213 Å². The van der Waals surface area contributed by atoms with Gasteiger partial charge in [-0.15, -0.1) is 0 Å². The maximum Gasteiger partial charge on any atom is 0.251 e. The second kappa shape index (κ2) is 12.2. The molecule has 1 atom stereocenters. The smallest absolute Gasteiger partial charge is 0.251 e. The van der Waals surface area contributed by atoms with Crippen LogP contribution in [0.1, 0.15) is 52.9 Å². The van der Waals surface area contributed by atoms with Gasteiger partial charge in [0.05, 0.1) is 6.61 Å². The Hall–Kier alpha value is -1.86. The van der Waals surface area contributed by atoms with Crippen molar-refractivity contribution in [3.05, 3.63) is 56.8 Å². The maximum atomic E-state index is 12.4. The van der Waals surface area contributed by atoms with E-state index in [1.54, 1.807) is 0 Å². The van der Waals surface area contributed by atoms with Crippen LogP contribution in [-0.4, -0.2) is 67.6 Å². The van der Waals surface area contributed by atoms with Crippen molar-refractivity contribution in [3.63, 3.8) is 0 Å². The molecule has 3 rings (SSSR count). The van der Waals surface area contributed by atoms with Crippen molar-refractivity contribution in [2.45, 2.75) is 39.7 Å². The zero-order valence-electron chi connectivity index (χ0n) is 20.8. The number of halogens is 2. The summed E-state index contributed by atoms with van der Waals surface area (Å²) in [7, 11) is 4.19. The summed E-state index contributed by atoms with van der Waals surface area (Å²) in [6.45, 7) is 10.9. The maximum absolute atomic E-state index is 12.4. The number of rotatable bonds is 11. The first-order valence-corrected chi connectivity index (χ1v) is 12.6. The van der Waals surface area contributed by atoms with Crippen LogP contribution in [0, 0.1) is 19.8 Å². The van der Waals surface area contributed by atoms with Crippen LogP contribution in [0.25, 0.3) is 0 Å². The molecular weight excluding hydrogens is 471 g/mol. The molecule has 2 heterocycles. The minimum Gasteiger partial charge on any atom is -0.493 e. The molecule has 1 aromatic heterocycles. The van der Waals surface area contributed by atoms with E-state index in [-0.39, 0.29) is 16.2 Å². The quantitative estimate of drug-likeness (QED) is 0.337. The van der Waals surface area contributed by atoms with E-state index >= 15 is 0 Å². The van der Waals surface area contributed by atoms with Crippen molar-refractivity contribution < 1.29 is 9.53 Å². The number of carbonyl (C=O) groups excluding carboxylic acids is 1. The zero-order chi connectivity index (χ0) is 24.8. The Bertz CT molecular complexity index is 973. The number of unbranched alkanes of at least 4 members (excludes halogenated alkanes) is 1. The first-order chi connectivity index (χ1) is 16.2. The lowest BCUT2D eigenvalue weighted by Gasteiger charge is -2.44. The van der Waals surface area contributed by atoms with Gasteiger partial charge in [-0.3, -0.25) is 9.69 Å². The Balaban J connectivity index is 1.47. The van der Waals surface area contributed by atoms with E-state index in [9.17, 15) is 4.79 Å². The van der Waals surface area contributed by atoms with Gasteiger partial charge in [-0.2, -0.15) is 0 Å². The molecule has 0 bridgehead atoms. The van der Waals surface area contributed by atoms with E-state index in [1.165, 1.54) is 28.8 Å². The SMILES string of the molecule is Cc1c(OCCCCN(C)C)ccc(C(C)N2CC(CNC(=O)c3cc(Cl)nc(Cl)c3)C2)c1C. The third-order valence-electron chi connectivity index (χ3n) is 6.60. The van der Waals surface area contributed by atoms with Crippen LogP contribution in [0.2, 0.25) is 10.3 Å². The van der Waals surface area contributed by atoms with Gasteiger partial charge in [0.25, 0.3) is 5.91 Å². The number of likely N-dealkylation sites (tertiary alicyclic amines) is 1. The normalized spacial score (nSPS) is 15.3. The molecule has 186 valence electrons. The van der Waals surface area contributed by atoms with Crippen molar-refractivity contribution >= 4 is 29.1 Å². The summed E-state index contributed by atoms with van der Waals surface area (Å²) in [4.78, 5) is 20.9. The van der Waals surface area contributed by atoms with Crippen LogP contribution in [0.3, 0.4) is 0 Å². The summed E-state index contributed by atoms with van der Waals surface area (Å²) in [5.74, 6) is 1.23. The lowest BCUT2D eigenvalue weighted by atomic mass is 9.91. The molecule has 2 aromatic rings. The molecule has 1 aliphatic heterocycles. The molecule has 1 saturated heterocycles. The lowest BCUT2D eigenvalue weighted by Crippen LogP contribution is -2.52. The van der Waals surface area contributed by atoms with E-state index in [2.05, 4.69) is 67.1 Å². The summed E-state index contributed by atoms with van der Waals surface area (Å²) in [6.07, 6.45) is 2.20. The summed E-state index contributed by atoms with van der Waals surface area (Å²) in [5.41, 5.74) is 4.28. The summed E-state index contributed by atoms with van der Waals surface area (Å²) in [5, 5.41) is 3.42. The highest BCUT2D eigenvalue weighted by molar-refractivity contribution is 6.33. The molecule has 0 saturated carbocycles. The number of pyridine rings is 1. The summed E-state index contributed by atoms with van der Waals surface area (Å²) >= 11 is 11.8. The Morgan fingerprint density at radius 2 is 1.85 bits per heavy atom. The van der Waals surface area contributed by atoms with Crippen LogP contribution >= 0.6 is 23.2 Å². The highest BCUT2D eigenvalue weighted by atomic mass is 35.5. The molecule has 1 fully saturated rings. The van der Waals surface area contributed by atoms with Gasteiger partial charge in [0.1, 0.15) is 16.1 Å². The standard InChI is InChI=1S/C26H36Cl2N4O2/c1-17-18(2)23(34-11-7-6-10-31(4)5)9-8-22(17)19(3)32-15-20(16-32)14-29-26(33)21-12-24(27)30-25(28)13-21/h8-9,12-13,19-20H,6-7,10-11,14-16H2,1-5H3,(H,29,33). The number of ether oxygens (including phenoxy) is 1. The second-order valence-corrected chi connectivity index (χ2v) is 10.2. The molecular formula is C26H36Cl2N4O2. The highest BCUT2D eigenvalue weighted by Gasteiger charge is 2.32. The molecule has 1 N–H and O–H groups in total. The second-order valence-electron chi connectivity index (χ2n) is 9.47.